The van der Waals surface area contributed by atoms with Crippen molar-refractivity contribution in [1.82, 2.24) is 19.3 Å². The molecular weight excluding hydrogens is 443 g/mol. The largest absolute Gasteiger partial charge is 0.433 e. The SMILES string of the molecule is Nc1nc2ccc(C(=O)N(CC3CC3)C3CCc4nc(C(F)(F)F)ccc43)cc2n2cccc12. The molecule has 3 aromatic heterocycles. The second kappa shape index (κ2) is 7.44. The van der Waals surface area contributed by atoms with Crippen molar-refractivity contribution in [1.29, 1.82) is 0 Å². The average Bonchev–Trinajstić information content (AvgIpc) is 3.31. The van der Waals surface area contributed by atoms with Crippen molar-refractivity contribution in [3.8, 4) is 0 Å². The predicted molar refractivity (Wildman–Crippen MR) is 121 cm³/mol. The molecule has 1 atom stereocenters. The first-order chi connectivity index (χ1) is 16.3. The van der Waals surface area contributed by atoms with Gasteiger partial charge in [-0.25, -0.2) is 9.97 Å². The van der Waals surface area contributed by atoms with Crippen LogP contribution in [0.15, 0.2) is 48.7 Å². The van der Waals surface area contributed by atoms with Crippen LogP contribution in [-0.4, -0.2) is 31.7 Å². The Hall–Kier alpha value is -3.62. The summed E-state index contributed by atoms with van der Waals surface area (Å²) in [6.45, 7) is 0.584. The number of halogens is 3. The van der Waals surface area contributed by atoms with Crippen LogP contribution in [0.5, 0.6) is 0 Å². The Morgan fingerprint density at radius 3 is 2.68 bits per heavy atom. The van der Waals surface area contributed by atoms with E-state index in [9.17, 15) is 18.0 Å². The van der Waals surface area contributed by atoms with Crippen LogP contribution in [0.25, 0.3) is 16.6 Å². The van der Waals surface area contributed by atoms with Crippen molar-refractivity contribution in [3.63, 3.8) is 0 Å². The molecule has 2 aliphatic carbocycles. The summed E-state index contributed by atoms with van der Waals surface area (Å²) in [5, 5.41) is 0. The van der Waals surface area contributed by atoms with Crippen LogP contribution in [0, 0.1) is 5.92 Å². The van der Waals surface area contributed by atoms with E-state index in [2.05, 4.69) is 9.97 Å². The van der Waals surface area contributed by atoms with Crippen molar-refractivity contribution in [3.05, 3.63) is 71.2 Å². The van der Waals surface area contributed by atoms with Crippen LogP contribution in [0.4, 0.5) is 19.0 Å². The van der Waals surface area contributed by atoms with E-state index < -0.39 is 11.9 Å². The van der Waals surface area contributed by atoms with Gasteiger partial charge >= 0.3 is 6.18 Å². The molecule has 174 valence electrons. The van der Waals surface area contributed by atoms with Gasteiger partial charge in [-0.1, -0.05) is 6.07 Å². The fraction of sp³-hybridized carbons (Fsp3) is 0.320. The lowest BCUT2D eigenvalue weighted by Gasteiger charge is -2.30. The highest BCUT2D eigenvalue weighted by Gasteiger charge is 2.39. The highest BCUT2D eigenvalue weighted by Crippen LogP contribution is 2.41. The molecule has 2 N–H and O–H groups in total. The molecular formula is C25H22F3N5O. The minimum atomic E-state index is -4.48. The van der Waals surface area contributed by atoms with E-state index in [1.807, 2.05) is 33.7 Å². The third-order valence-corrected chi connectivity index (χ3v) is 6.84. The van der Waals surface area contributed by atoms with Crippen LogP contribution in [-0.2, 0) is 12.6 Å². The maximum Gasteiger partial charge on any atom is 0.433 e. The van der Waals surface area contributed by atoms with Gasteiger partial charge in [0, 0.05) is 24.0 Å². The zero-order valence-electron chi connectivity index (χ0n) is 18.2. The van der Waals surface area contributed by atoms with Gasteiger partial charge in [-0.15, -0.1) is 0 Å². The zero-order chi connectivity index (χ0) is 23.6. The number of amides is 1. The predicted octanol–water partition coefficient (Wildman–Crippen LogP) is 5.02. The van der Waals surface area contributed by atoms with Crippen molar-refractivity contribution in [2.45, 2.75) is 37.9 Å². The molecule has 1 aromatic carbocycles. The summed E-state index contributed by atoms with van der Waals surface area (Å²) in [6.07, 6.45) is 0.490. The number of hydrogen-bond acceptors (Lipinski definition) is 4. The number of nitrogen functional groups attached to an aromatic ring is 1. The van der Waals surface area contributed by atoms with Gasteiger partial charge in [0.1, 0.15) is 11.5 Å². The third kappa shape index (κ3) is 3.46. The lowest BCUT2D eigenvalue weighted by atomic mass is 10.1. The van der Waals surface area contributed by atoms with Crippen molar-refractivity contribution in [2.24, 2.45) is 5.92 Å². The minimum Gasteiger partial charge on any atom is -0.382 e. The molecule has 3 heterocycles. The van der Waals surface area contributed by atoms with E-state index in [4.69, 9.17) is 5.73 Å². The van der Waals surface area contributed by atoms with Gasteiger partial charge < -0.3 is 15.0 Å². The second-order valence-corrected chi connectivity index (χ2v) is 9.15. The van der Waals surface area contributed by atoms with Gasteiger partial charge in [0.05, 0.1) is 22.6 Å². The summed E-state index contributed by atoms with van der Waals surface area (Å²) in [4.78, 5) is 23.9. The molecule has 0 spiro atoms. The van der Waals surface area contributed by atoms with Crippen LogP contribution in [0.2, 0.25) is 0 Å². The van der Waals surface area contributed by atoms with Gasteiger partial charge in [0.25, 0.3) is 5.91 Å². The number of aromatic nitrogens is 3. The number of carbonyl (C=O) groups excluding carboxylic acids is 1. The lowest BCUT2D eigenvalue weighted by molar-refractivity contribution is -0.141. The molecule has 6 nitrogen and oxygen atoms in total. The first-order valence-electron chi connectivity index (χ1n) is 11.3. The second-order valence-electron chi connectivity index (χ2n) is 9.15. The number of hydrogen-bond donors (Lipinski definition) is 1. The molecule has 0 saturated heterocycles. The van der Waals surface area contributed by atoms with Crippen LogP contribution in [0.3, 0.4) is 0 Å². The normalized spacial score (nSPS) is 17.9. The molecule has 0 bridgehead atoms. The zero-order valence-corrected chi connectivity index (χ0v) is 18.2. The molecule has 0 aliphatic heterocycles. The van der Waals surface area contributed by atoms with Gasteiger partial charge in [-0.3, -0.25) is 4.79 Å². The van der Waals surface area contributed by atoms with Crippen molar-refractivity contribution in [2.75, 3.05) is 12.3 Å². The molecule has 1 unspecified atom stereocenters. The van der Waals surface area contributed by atoms with E-state index in [-0.39, 0.29) is 11.9 Å². The van der Waals surface area contributed by atoms with E-state index in [1.165, 1.54) is 6.07 Å². The van der Waals surface area contributed by atoms with Gasteiger partial charge in [0.2, 0.25) is 0 Å². The first kappa shape index (κ1) is 20.9. The maximum atomic E-state index is 13.8. The summed E-state index contributed by atoms with van der Waals surface area (Å²) in [5.41, 5.74) is 9.05. The number of aryl methyl sites for hydroxylation is 1. The van der Waals surface area contributed by atoms with Crippen LogP contribution < -0.4 is 5.73 Å². The molecule has 1 amide bonds. The van der Waals surface area contributed by atoms with E-state index >= 15 is 0 Å². The number of nitrogens with zero attached hydrogens (tertiary/aromatic N) is 4. The highest BCUT2D eigenvalue weighted by atomic mass is 19.4. The Morgan fingerprint density at radius 1 is 1.09 bits per heavy atom. The Bertz CT molecular complexity index is 1440. The van der Waals surface area contributed by atoms with E-state index in [0.717, 1.165) is 29.9 Å². The van der Waals surface area contributed by atoms with E-state index in [0.29, 0.717) is 53.5 Å². The smallest absolute Gasteiger partial charge is 0.382 e. The minimum absolute atomic E-state index is 0.135. The molecule has 0 radical (unpaired) electrons. The van der Waals surface area contributed by atoms with Gasteiger partial charge in [-0.05, 0) is 73.6 Å². The third-order valence-electron chi connectivity index (χ3n) is 6.84. The molecule has 1 saturated carbocycles. The molecule has 4 aromatic rings. The maximum absolute atomic E-state index is 13.8. The number of alkyl halides is 3. The van der Waals surface area contributed by atoms with Gasteiger partial charge in [0.15, 0.2) is 0 Å². The Balaban J connectivity index is 1.39. The fourth-order valence-electron chi connectivity index (χ4n) is 4.95. The Labute approximate surface area is 193 Å². The number of carbonyl (C=O) groups is 1. The number of fused-ring (bicyclic) bond motifs is 4. The average molecular weight is 465 g/mol. The standard InChI is InChI=1S/C25H22F3N5O/c26-25(27,28)22-10-6-16-17(30-22)8-9-19(16)33(13-14-3-4-14)24(34)15-5-7-18-21(12-15)32-11-1-2-20(32)23(29)31-18/h1-2,5-7,10-12,14,19H,3-4,8-9,13H2,(H2,29,31). The number of nitrogens with two attached hydrogens (primary N) is 1. The summed E-state index contributed by atoms with van der Waals surface area (Å²) < 4.78 is 41.3. The number of benzene rings is 1. The summed E-state index contributed by atoms with van der Waals surface area (Å²) in [7, 11) is 0. The number of pyridine rings is 1. The molecule has 6 rings (SSSR count). The highest BCUT2D eigenvalue weighted by molar-refractivity contribution is 5.98. The molecule has 2 aliphatic rings. The quantitative estimate of drug-likeness (QED) is 0.459. The Morgan fingerprint density at radius 2 is 1.91 bits per heavy atom. The molecule has 34 heavy (non-hydrogen) atoms. The summed E-state index contributed by atoms with van der Waals surface area (Å²) in [5.74, 6) is 0.706. The number of rotatable bonds is 4. The number of anilines is 1. The monoisotopic (exact) mass is 465 g/mol. The first-order valence-corrected chi connectivity index (χ1v) is 11.3. The lowest BCUT2D eigenvalue weighted by Crippen LogP contribution is -2.36. The molecule has 1 fully saturated rings. The van der Waals surface area contributed by atoms with E-state index in [1.54, 1.807) is 12.1 Å². The van der Waals surface area contributed by atoms with Gasteiger partial charge in [-0.2, -0.15) is 13.2 Å². The Kier molecular flexibility index (Phi) is 4.59. The van der Waals surface area contributed by atoms with Crippen molar-refractivity contribution >= 4 is 28.3 Å². The van der Waals surface area contributed by atoms with Crippen LogP contribution in [0.1, 0.15) is 52.6 Å². The van der Waals surface area contributed by atoms with Crippen molar-refractivity contribution < 1.29 is 18.0 Å². The topological polar surface area (TPSA) is 76.5 Å². The molecule has 9 heteroatoms. The summed E-state index contributed by atoms with van der Waals surface area (Å²) >= 11 is 0. The fourth-order valence-corrected chi connectivity index (χ4v) is 4.95. The summed E-state index contributed by atoms with van der Waals surface area (Å²) in [6, 6.07) is 11.3. The van der Waals surface area contributed by atoms with Crippen LogP contribution >= 0.6 is 0 Å².